The van der Waals surface area contributed by atoms with E-state index in [0.717, 1.165) is 48.7 Å². The molecule has 148 valence electrons. The lowest BCUT2D eigenvalue weighted by Gasteiger charge is -2.24. The number of nitrogens with one attached hydrogen (secondary N) is 3. The van der Waals surface area contributed by atoms with Crippen molar-refractivity contribution in [3.05, 3.63) is 41.9 Å². The van der Waals surface area contributed by atoms with Crippen LogP contribution in [0.4, 0.5) is 11.9 Å². The first-order chi connectivity index (χ1) is 13.6. The lowest BCUT2D eigenvalue weighted by atomic mass is 10.1. The monoisotopic (exact) mass is 380 g/mol. The van der Waals surface area contributed by atoms with Crippen LogP contribution in [0.25, 0.3) is 5.65 Å². The molecule has 4 rings (SSSR count). The molecule has 8 heteroatoms. The summed E-state index contributed by atoms with van der Waals surface area (Å²) in [6.07, 6.45) is 7.64. The minimum atomic E-state index is 0.0719. The van der Waals surface area contributed by atoms with Crippen molar-refractivity contribution in [1.29, 1.82) is 0 Å². The Kier molecular flexibility index (Phi) is 5.38. The number of aromatic nitrogens is 5. The van der Waals surface area contributed by atoms with Gasteiger partial charge in [0.2, 0.25) is 11.9 Å². The molecule has 8 nitrogen and oxygen atoms in total. The maximum Gasteiger partial charge on any atom is 0.229 e. The molecule has 4 heterocycles. The quantitative estimate of drug-likeness (QED) is 0.605. The van der Waals surface area contributed by atoms with Crippen LogP contribution < -0.4 is 16.0 Å². The van der Waals surface area contributed by atoms with Crippen LogP contribution in [-0.2, 0) is 0 Å². The number of hydrogen-bond acceptors (Lipinski definition) is 7. The first-order valence-corrected chi connectivity index (χ1v) is 10.0. The highest BCUT2D eigenvalue weighted by atomic mass is 15.4. The number of pyridine rings is 1. The van der Waals surface area contributed by atoms with Gasteiger partial charge in [-0.2, -0.15) is 19.6 Å². The molecule has 0 aliphatic carbocycles. The highest BCUT2D eigenvalue weighted by Crippen LogP contribution is 2.24. The Hall–Kier alpha value is -2.74. The zero-order chi connectivity index (χ0) is 19.5. The lowest BCUT2D eigenvalue weighted by molar-refractivity contribution is 0.476. The van der Waals surface area contributed by atoms with Crippen LogP contribution in [0.5, 0.6) is 0 Å². The Morgan fingerprint density at radius 2 is 1.86 bits per heavy atom. The van der Waals surface area contributed by atoms with Crippen LogP contribution in [0, 0.1) is 0 Å². The van der Waals surface area contributed by atoms with E-state index in [0.29, 0.717) is 17.9 Å². The van der Waals surface area contributed by atoms with Gasteiger partial charge < -0.3 is 16.0 Å². The third kappa shape index (κ3) is 3.91. The zero-order valence-corrected chi connectivity index (χ0v) is 16.7. The van der Waals surface area contributed by atoms with Crippen molar-refractivity contribution >= 4 is 17.5 Å². The van der Waals surface area contributed by atoms with E-state index in [1.54, 1.807) is 12.4 Å². The molecule has 3 aromatic heterocycles. The second-order valence-electron chi connectivity index (χ2n) is 7.68. The SMILES string of the molecule is CC(C)c1cnn2c(NC3CCNCC3)nc(N[C@H](C)c3ccncc3)nc12. The Balaban J connectivity index is 1.68. The van der Waals surface area contributed by atoms with E-state index in [1.807, 2.05) is 22.8 Å². The van der Waals surface area contributed by atoms with Crippen LogP contribution in [0.1, 0.15) is 56.7 Å². The Bertz CT molecular complexity index is 915. The van der Waals surface area contributed by atoms with Crippen molar-refractivity contribution in [2.75, 3.05) is 23.7 Å². The summed E-state index contributed by atoms with van der Waals surface area (Å²) < 4.78 is 1.83. The normalized spacial score (nSPS) is 16.4. The molecular formula is C20H28N8. The molecule has 0 bridgehead atoms. The Morgan fingerprint density at radius 1 is 1.11 bits per heavy atom. The second kappa shape index (κ2) is 8.10. The molecule has 0 aromatic carbocycles. The highest BCUT2D eigenvalue weighted by Gasteiger charge is 2.19. The van der Waals surface area contributed by atoms with Gasteiger partial charge in [-0.3, -0.25) is 4.98 Å². The maximum atomic E-state index is 4.79. The van der Waals surface area contributed by atoms with Crippen LogP contribution in [0.15, 0.2) is 30.7 Å². The summed E-state index contributed by atoms with van der Waals surface area (Å²) in [5, 5.41) is 15.0. The number of piperidine rings is 1. The van der Waals surface area contributed by atoms with E-state index in [9.17, 15) is 0 Å². The fourth-order valence-electron chi connectivity index (χ4n) is 3.54. The predicted molar refractivity (Wildman–Crippen MR) is 111 cm³/mol. The first-order valence-electron chi connectivity index (χ1n) is 10.0. The molecule has 0 saturated carbocycles. The molecule has 1 atom stereocenters. The molecule has 1 aliphatic heterocycles. The van der Waals surface area contributed by atoms with E-state index >= 15 is 0 Å². The van der Waals surface area contributed by atoms with Gasteiger partial charge in [0, 0.05) is 24.0 Å². The fraction of sp³-hybridized carbons (Fsp3) is 0.500. The number of hydrogen-bond donors (Lipinski definition) is 3. The van der Waals surface area contributed by atoms with Crippen molar-refractivity contribution in [1.82, 2.24) is 29.9 Å². The van der Waals surface area contributed by atoms with Crippen LogP contribution >= 0.6 is 0 Å². The highest BCUT2D eigenvalue weighted by molar-refractivity contribution is 5.56. The Labute approximate surface area is 165 Å². The molecule has 1 fully saturated rings. The molecule has 0 amide bonds. The van der Waals surface area contributed by atoms with Gasteiger partial charge in [-0.25, -0.2) is 0 Å². The van der Waals surface area contributed by atoms with Gasteiger partial charge in [0.05, 0.1) is 12.2 Å². The molecule has 0 unspecified atom stereocenters. The van der Waals surface area contributed by atoms with E-state index in [4.69, 9.17) is 9.97 Å². The summed E-state index contributed by atoms with van der Waals surface area (Å²) in [4.78, 5) is 13.6. The number of rotatable bonds is 6. The van der Waals surface area contributed by atoms with Crippen molar-refractivity contribution < 1.29 is 0 Å². The first kappa shape index (κ1) is 18.6. The lowest BCUT2D eigenvalue weighted by Crippen LogP contribution is -2.36. The largest absolute Gasteiger partial charge is 0.351 e. The van der Waals surface area contributed by atoms with Crippen LogP contribution in [0.3, 0.4) is 0 Å². The van der Waals surface area contributed by atoms with Gasteiger partial charge in [-0.1, -0.05) is 13.8 Å². The van der Waals surface area contributed by atoms with Gasteiger partial charge in [0.1, 0.15) is 0 Å². The molecule has 0 spiro atoms. The standard InChI is InChI=1S/C20H28N8/c1-13(2)17-12-23-28-18(17)26-19(24-14(3)15-4-8-21-9-5-15)27-20(28)25-16-6-10-22-11-7-16/h4-5,8-9,12-14,16,22H,6-7,10-11H2,1-3H3,(H2,24,25,26,27)/t14-/m1/s1. The molecule has 3 N–H and O–H groups in total. The average Bonchev–Trinajstić information content (AvgIpc) is 3.14. The number of nitrogens with zero attached hydrogens (tertiary/aromatic N) is 5. The summed E-state index contributed by atoms with van der Waals surface area (Å²) >= 11 is 0. The third-order valence-electron chi connectivity index (χ3n) is 5.24. The third-order valence-corrected chi connectivity index (χ3v) is 5.24. The molecule has 28 heavy (non-hydrogen) atoms. The van der Waals surface area contributed by atoms with E-state index in [1.165, 1.54) is 0 Å². The molecule has 1 aliphatic rings. The van der Waals surface area contributed by atoms with Crippen LogP contribution in [0.2, 0.25) is 0 Å². The van der Waals surface area contributed by atoms with E-state index < -0.39 is 0 Å². The summed E-state index contributed by atoms with van der Waals surface area (Å²) in [5.74, 6) is 1.69. The summed E-state index contributed by atoms with van der Waals surface area (Å²) in [5.41, 5.74) is 3.12. The molecule has 0 radical (unpaired) electrons. The van der Waals surface area contributed by atoms with Gasteiger partial charge in [-0.15, -0.1) is 0 Å². The molecule has 1 saturated heterocycles. The predicted octanol–water partition coefficient (Wildman–Crippen LogP) is 2.98. The fourth-order valence-corrected chi connectivity index (χ4v) is 3.54. The number of anilines is 2. The topological polar surface area (TPSA) is 92.1 Å². The average molecular weight is 381 g/mol. The van der Waals surface area contributed by atoms with Crippen molar-refractivity contribution in [3.8, 4) is 0 Å². The van der Waals surface area contributed by atoms with Gasteiger partial charge in [0.25, 0.3) is 0 Å². The summed E-state index contributed by atoms with van der Waals surface area (Å²) in [7, 11) is 0. The van der Waals surface area contributed by atoms with Gasteiger partial charge in [-0.05, 0) is 56.5 Å². The molecular weight excluding hydrogens is 352 g/mol. The van der Waals surface area contributed by atoms with Gasteiger partial charge in [0.15, 0.2) is 5.65 Å². The maximum absolute atomic E-state index is 4.79. The van der Waals surface area contributed by atoms with E-state index in [2.05, 4.69) is 46.8 Å². The van der Waals surface area contributed by atoms with Crippen molar-refractivity contribution in [3.63, 3.8) is 0 Å². The Morgan fingerprint density at radius 3 is 2.57 bits per heavy atom. The molecule has 3 aromatic rings. The number of fused-ring (bicyclic) bond motifs is 1. The second-order valence-corrected chi connectivity index (χ2v) is 7.68. The van der Waals surface area contributed by atoms with Crippen molar-refractivity contribution in [2.24, 2.45) is 0 Å². The smallest absolute Gasteiger partial charge is 0.229 e. The zero-order valence-electron chi connectivity index (χ0n) is 16.7. The van der Waals surface area contributed by atoms with E-state index in [-0.39, 0.29) is 6.04 Å². The van der Waals surface area contributed by atoms with Crippen molar-refractivity contribution in [2.45, 2.75) is 51.6 Å². The minimum Gasteiger partial charge on any atom is -0.351 e. The minimum absolute atomic E-state index is 0.0719. The van der Waals surface area contributed by atoms with Gasteiger partial charge >= 0.3 is 0 Å². The summed E-state index contributed by atoms with van der Waals surface area (Å²) in [6.45, 7) is 8.46. The van der Waals surface area contributed by atoms with Crippen LogP contribution in [-0.4, -0.2) is 43.7 Å². The summed E-state index contributed by atoms with van der Waals surface area (Å²) in [6, 6.07) is 4.46.